The number of phenols is 1. The molecule has 8 heteroatoms. The van der Waals surface area contributed by atoms with Gasteiger partial charge in [0.25, 0.3) is 0 Å². The molecule has 2 aromatic rings. The quantitative estimate of drug-likeness (QED) is 0.658. The Hall–Kier alpha value is -3.55. The first kappa shape index (κ1) is 23.1. The average molecular weight is 440 g/mol. The Morgan fingerprint density at radius 3 is 2.50 bits per heavy atom. The molecule has 0 aromatic heterocycles. The zero-order valence-corrected chi connectivity index (χ0v) is 18.4. The highest BCUT2D eigenvalue weighted by Crippen LogP contribution is 2.36. The third-order valence-corrected chi connectivity index (χ3v) is 5.19. The summed E-state index contributed by atoms with van der Waals surface area (Å²) in [6.07, 6.45) is -0.271. The van der Waals surface area contributed by atoms with E-state index in [1.165, 1.54) is 4.90 Å². The summed E-state index contributed by atoms with van der Waals surface area (Å²) in [5.41, 5.74) is 1.74. The van der Waals surface area contributed by atoms with Gasteiger partial charge >= 0.3 is 12.1 Å². The number of fused-ring (bicyclic) bond motifs is 1. The molecule has 1 aliphatic rings. The number of carboxylic acids is 1. The molecule has 2 aromatic carbocycles. The Morgan fingerprint density at radius 1 is 1.12 bits per heavy atom. The number of amides is 2. The van der Waals surface area contributed by atoms with Gasteiger partial charge in [-0.3, -0.25) is 4.79 Å². The van der Waals surface area contributed by atoms with Crippen molar-refractivity contribution in [1.82, 2.24) is 10.2 Å². The van der Waals surface area contributed by atoms with Gasteiger partial charge in [-0.15, -0.1) is 0 Å². The number of phenolic OH excluding ortho intramolecular Hbond substituents is 1. The predicted molar refractivity (Wildman–Crippen MR) is 117 cm³/mol. The highest BCUT2D eigenvalue weighted by atomic mass is 16.6. The number of hydrogen-bond donors (Lipinski definition) is 3. The Kier molecular flexibility index (Phi) is 6.72. The van der Waals surface area contributed by atoms with Crippen molar-refractivity contribution < 1.29 is 29.3 Å². The second-order valence-corrected chi connectivity index (χ2v) is 8.80. The van der Waals surface area contributed by atoms with Gasteiger partial charge in [-0.2, -0.15) is 0 Å². The largest absolute Gasteiger partial charge is 0.508 e. The van der Waals surface area contributed by atoms with Crippen LogP contribution in [0.5, 0.6) is 5.75 Å². The minimum absolute atomic E-state index is 0.0887. The molecule has 3 N–H and O–H groups in total. The van der Waals surface area contributed by atoms with Crippen LogP contribution < -0.4 is 5.32 Å². The number of carbonyl (C=O) groups is 3. The van der Waals surface area contributed by atoms with Gasteiger partial charge in [-0.1, -0.05) is 36.4 Å². The second kappa shape index (κ2) is 9.30. The molecular weight excluding hydrogens is 412 g/mol. The van der Waals surface area contributed by atoms with E-state index >= 15 is 0 Å². The third-order valence-electron chi connectivity index (χ3n) is 5.19. The molecular formula is C24H28N2O6. The molecule has 3 rings (SSSR count). The molecule has 0 saturated heterocycles. The van der Waals surface area contributed by atoms with Crippen molar-refractivity contribution in [3.63, 3.8) is 0 Å². The monoisotopic (exact) mass is 440 g/mol. The standard InChI is InChI=1S/C24H28N2O6/c1-24(2,3)32-23(31)25-14-21(28)26-19(12-15-7-6-9-17(27)11-15)18-10-5-4-8-16(18)13-20(26)22(29)30/h4-11,19-20,27H,12-14H2,1-3H3,(H,25,31)(H,29,30)/t19-,20+/m1/s1. The molecule has 1 aliphatic heterocycles. The van der Waals surface area contributed by atoms with E-state index in [0.29, 0.717) is 6.42 Å². The predicted octanol–water partition coefficient (Wildman–Crippen LogP) is 3.04. The number of nitrogens with one attached hydrogen (secondary N) is 1. The lowest BCUT2D eigenvalue weighted by atomic mass is 9.85. The van der Waals surface area contributed by atoms with Gasteiger partial charge in [0.05, 0.1) is 6.04 Å². The fraction of sp³-hybridized carbons (Fsp3) is 0.375. The number of benzene rings is 2. The van der Waals surface area contributed by atoms with E-state index in [9.17, 15) is 24.6 Å². The Bertz CT molecular complexity index is 1010. The lowest BCUT2D eigenvalue weighted by Crippen LogP contribution is -2.54. The molecule has 0 bridgehead atoms. The van der Waals surface area contributed by atoms with Crippen LogP contribution in [0.25, 0.3) is 0 Å². The molecule has 0 spiro atoms. The molecule has 170 valence electrons. The highest BCUT2D eigenvalue weighted by Gasteiger charge is 2.41. The number of nitrogens with zero attached hydrogens (tertiary/aromatic N) is 1. The van der Waals surface area contributed by atoms with Crippen molar-refractivity contribution in [3.8, 4) is 5.75 Å². The summed E-state index contributed by atoms with van der Waals surface area (Å²) in [6, 6.07) is 12.4. The van der Waals surface area contributed by atoms with Crippen LogP contribution in [0.15, 0.2) is 48.5 Å². The Labute approximate surface area is 186 Å². The normalized spacial score (nSPS) is 17.9. The summed E-state index contributed by atoms with van der Waals surface area (Å²) in [7, 11) is 0. The molecule has 0 radical (unpaired) electrons. The van der Waals surface area contributed by atoms with Crippen LogP contribution in [0.4, 0.5) is 4.79 Å². The summed E-state index contributed by atoms with van der Waals surface area (Å²) in [6.45, 7) is 4.74. The molecule has 2 atom stereocenters. The number of ether oxygens (including phenoxy) is 1. The SMILES string of the molecule is CC(C)(C)OC(=O)NCC(=O)N1[C@H](Cc2cccc(O)c2)c2ccccc2C[C@H]1C(=O)O. The van der Waals surface area contributed by atoms with Crippen molar-refractivity contribution in [1.29, 1.82) is 0 Å². The van der Waals surface area contributed by atoms with Crippen molar-refractivity contribution >= 4 is 18.0 Å². The first-order chi connectivity index (χ1) is 15.0. The number of aromatic hydroxyl groups is 1. The number of carbonyl (C=O) groups excluding carboxylic acids is 2. The van der Waals surface area contributed by atoms with E-state index < -0.39 is 42.2 Å². The number of hydrogen-bond acceptors (Lipinski definition) is 5. The zero-order chi connectivity index (χ0) is 23.5. The Balaban J connectivity index is 1.92. The van der Waals surface area contributed by atoms with Crippen molar-refractivity contribution in [2.75, 3.05) is 6.54 Å². The molecule has 0 fully saturated rings. The molecule has 0 unspecified atom stereocenters. The fourth-order valence-electron chi connectivity index (χ4n) is 3.94. The van der Waals surface area contributed by atoms with Crippen molar-refractivity contribution in [3.05, 3.63) is 65.2 Å². The van der Waals surface area contributed by atoms with Gasteiger partial charge in [0.1, 0.15) is 23.9 Å². The third kappa shape index (κ3) is 5.57. The Morgan fingerprint density at radius 2 is 1.84 bits per heavy atom. The molecule has 0 aliphatic carbocycles. The van der Waals surface area contributed by atoms with Gasteiger partial charge < -0.3 is 25.2 Å². The van der Waals surface area contributed by atoms with Crippen LogP contribution in [0.1, 0.15) is 43.5 Å². The minimum Gasteiger partial charge on any atom is -0.508 e. The lowest BCUT2D eigenvalue weighted by Gasteiger charge is -2.41. The highest BCUT2D eigenvalue weighted by molar-refractivity contribution is 5.88. The van der Waals surface area contributed by atoms with E-state index in [-0.39, 0.29) is 12.2 Å². The van der Waals surface area contributed by atoms with E-state index in [1.54, 1.807) is 39.0 Å². The summed E-state index contributed by atoms with van der Waals surface area (Å²) >= 11 is 0. The summed E-state index contributed by atoms with van der Waals surface area (Å²) in [5.74, 6) is -1.56. The van der Waals surface area contributed by atoms with E-state index in [2.05, 4.69) is 5.32 Å². The number of alkyl carbamates (subject to hydrolysis) is 1. The van der Waals surface area contributed by atoms with Gasteiger partial charge in [0.2, 0.25) is 5.91 Å². The fourth-order valence-corrected chi connectivity index (χ4v) is 3.94. The van der Waals surface area contributed by atoms with Crippen LogP contribution in [-0.2, 0) is 27.2 Å². The van der Waals surface area contributed by atoms with Gasteiger partial charge in [0.15, 0.2) is 0 Å². The number of aliphatic carboxylic acids is 1. The van der Waals surface area contributed by atoms with Crippen LogP contribution in [-0.4, -0.2) is 51.3 Å². The molecule has 32 heavy (non-hydrogen) atoms. The van der Waals surface area contributed by atoms with Crippen LogP contribution in [0.2, 0.25) is 0 Å². The van der Waals surface area contributed by atoms with Gasteiger partial charge in [-0.25, -0.2) is 9.59 Å². The van der Waals surface area contributed by atoms with Crippen molar-refractivity contribution in [2.45, 2.75) is 51.3 Å². The maximum absolute atomic E-state index is 13.2. The zero-order valence-electron chi connectivity index (χ0n) is 18.4. The average Bonchev–Trinajstić information content (AvgIpc) is 2.70. The van der Waals surface area contributed by atoms with E-state index in [1.807, 2.05) is 30.3 Å². The summed E-state index contributed by atoms with van der Waals surface area (Å²) in [4.78, 5) is 38.7. The first-order valence-electron chi connectivity index (χ1n) is 10.4. The summed E-state index contributed by atoms with van der Waals surface area (Å²) < 4.78 is 5.18. The number of rotatable bonds is 5. The minimum atomic E-state index is -1.12. The van der Waals surface area contributed by atoms with E-state index in [0.717, 1.165) is 16.7 Å². The molecule has 2 amide bonds. The van der Waals surface area contributed by atoms with E-state index in [4.69, 9.17) is 4.74 Å². The van der Waals surface area contributed by atoms with Gasteiger partial charge in [-0.05, 0) is 56.0 Å². The van der Waals surface area contributed by atoms with Gasteiger partial charge in [0, 0.05) is 6.42 Å². The van der Waals surface area contributed by atoms with Crippen molar-refractivity contribution in [2.24, 2.45) is 0 Å². The maximum atomic E-state index is 13.2. The first-order valence-corrected chi connectivity index (χ1v) is 10.4. The molecule has 0 saturated carbocycles. The van der Waals surface area contributed by atoms with Crippen LogP contribution in [0.3, 0.4) is 0 Å². The second-order valence-electron chi connectivity index (χ2n) is 8.80. The summed E-state index contributed by atoms with van der Waals surface area (Å²) in [5, 5.41) is 22.2. The molecule has 8 nitrogen and oxygen atoms in total. The lowest BCUT2D eigenvalue weighted by molar-refractivity contribution is -0.153. The van der Waals surface area contributed by atoms with Crippen LogP contribution >= 0.6 is 0 Å². The van der Waals surface area contributed by atoms with Crippen LogP contribution in [0, 0.1) is 0 Å². The number of carboxylic acid groups (broad SMARTS) is 1. The maximum Gasteiger partial charge on any atom is 0.408 e. The smallest absolute Gasteiger partial charge is 0.408 e. The molecule has 1 heterocycles. The topological polar surface area (TPSA) is 116 Å².